The summed E-state index contributed by atoms with van der Waals surface area (Å²) in [6, 6.07) is 8.90. The van der Waals surface area contributed by atoms with Crippen LogP contribution in [0.1, 0.15) is 36.9 Å². The van der Waals surface area contributed by atoms with Crippen molar-refractivity contribution in [2.45, 2.75) is 38.3 Å². The third-order valence-electron chi connectivity index (χ3n) is 4.90. The minimum atomic E-state index is -0.736. The summed E-state index contributed by atoms with van der Waals surface area (Å²) in [7, 11) is 0. The Morgan fingerprint density at radius 2 is 2.19 bits per heavy atom. The van der Waals surface area contributed by atoms with Gasteiger partial charge in [-0.05, 0) is 36.9 Å². The molecule has 1 aromatic rings. The number of hydrogen-bond acceptors (Lipinski definition) is 3. The topological polar surface area (TPSA) is 49.8 Å². The van der Waals surface area contributed by atoms with E-state index in [1.54, 1.807) is 0 Å². The number of carbonyl (C=O) groups is 1. The average molecular weight is 289 g/mol. The quantitative estimate of drug-likeness (QED) is 0.925. The van der Waals surface area contributed by atoms with Gasteiger partial charge in [0, 0.05) is 12.1 Å². The molecular formula is C17H23NO3. The van der Waals surface area contributed by atoms with Gasteiger partial charge in [0.05, 0.1) is 19.1 Å². The third-order valence-corrected chi connectivity index (χ3v) is 4.90. The van der Waals surface area contributed by atoms with Gasteiger partial charge in [0.2, 0.25) is 0 Å². The fourth-order valence-corrected chi connectivity index (χ4v) is 3.86. The number of rotatable bonds is 4. The molecular weight excluding hydrogens is 266 g/mol. The standard InChI is InChI=1S/C17H23NO3/c1-2-18(16-11-21-10-14(16)17(19)20)15-9-5-7-12-6-3-4-8-13(12)15/h3-4,6,8,14-16H,2,5,7,9-11H2,1H3,(H,19,20). The number of nitrogens with zero attached hydrogens (tertiary/aromatic N) is 1. The van der Waals surface area contributed by atoms with Crippen molar-refractivity contribution in [3.63, 3.8) is 0 Å². The lowest BCUT2D eigenvalue weighted by molar-refractivity contribution is -0.143. The first kappa shape index (κ1) is 14.5. The fraction of sp³-hybridized carbons (Fsp3) is 0.588. The highest BCUT2D eigenvalue weighted by Gasteiger charge is 2.40. The molecule has 2 aliphatic rings. The van der Waals surface area contributed by atoms with Crippen molar-refractivity contribution in [2.75, 3.05) is 19.8 Å². The van der Waals surface area contributed by atoms with Crippen LogP contribution in [0.3, 0.4) is 0 Å². The van der Waals surface area contributed by atoms with E-state index in [2.05, 4.69) is 36.1 Å². The summed E-state index contributed by atoms with van der Waals surface area (Å²) >= 11 is 0. The number of ether oxygens (including phenoxy) is 1. The molecule has 1 saturated heterocycles. The van der Waals surface area contributed by atoms with Crippen LogP contribution >= 0.6 is 0 Å². The van der Waals surface area contributed by atoms with Crippen molar-refractivity contribution in [2.24, 2.45) is 5.92 Å². The zero-order valence-electron chi connectivity index (χ0n) is 12.5. The van der Waals surface area contributed by atoms with Crippen molar-refractivity contribution in [1.29, 1.82) is 0 Å². The number of benzene rings is 1. The minimum Gasteiger partial charge on any atom is -0.481 e. The lowest BCUT2D eigenvalue weighted by atomic mass is 9.85. The highest BCUT2D eigenvalue weighted by Crippen LogP contribution is 2.37. The number of carboxylic acids is 1. The van der Waals surface area contributed by atoms with E-state index >= 15 is 0 Å². The van der Waals surface area contributed by atoms with E-state index in [0.717, 1.165) is 19.4 Å². The van der Waals surface area contributed by atoms with Gasteiger partial charge in [-0.1, -0.05) is 31.2 Å². The molecule has 114 valence electrons. The lowest BCUT2D eigenvalue weighted by Crippen LogP contribution is -2.45. The van der Waals surface area contributed by atoms with Gasteiger partial charge < -0.3 is 9.84 Å². The second kappa shape index (κ2) is 6.16. The first-order valence-corrected chi connectivity index (χ1v) is 7.86. The van der Waals surface area contributed by atoms with Gasteiger partial charge in [-0.3, -0.25) is 9.69 Å². The molecule has 0 bridgehead atoms. The van der Waals surface area contributed by atoms with Gasteiger partial charge in [0.15, 0.2) is 0 Å². The summed E-state index contributed by atoms with van der Waals surface area (Å²) in [5, 5.41) is 9.42. The van der Waals surface area contributed by atoms with E-state index in [1.165, 1.54) is 17.5 Å². The Morgan fingerprint density at radius 3 is 2.95 bits per heavy atom. The summed E-state index contributed by atoms with van der Waals surface area (Å²) < 4.78 is 5.47. The van der Waals surface area contributed by atoms with Crippen LogP contribution in [0.2, 0.25) is 0 Å². The van der Waals surface area contributed by atoms with E-state index in [-0.39, 0.29) is 6.04 Å². The Morgan fingerprint density at radius 1 is 1.38 bits per heavy atom. The maximum atomic E-state index is 11.5. The first-order chi connectivity index (χ1) is 10.2. The Balaban J connectivity index is 1.89. The first-order valence-electron chi connectivity index (χ1n) is 7.86. The monoisotopic (exact) mass is 289 g/mol. The van der Waals surface area contributed by atoms with Crippen molar-refractivity contribution >= 4 is 5.97 Å². The van der Waals surface area contributed by atoms with Crippen LogP contribution in [0.4, 0.5) is 0 Å². The Kier molecular flexibility index (Phi) is 4.27. The number of aryl methyl sites for hydroxylation is 1. The molecule has 0 aromatic heterocycles. The van der Waals surface area contributed by atoms with Crippen molar-refractivity contribution < 1.29 is 14.6 Å². The number of carboxylic acid groups (broad SMARTS) is 1. The maximum Gasteiger partial charge on any atom is 0.310 e. The number of likely N-dealkylation sites (N-methyl/N-ethyl adjacent to an activating group) is 1. The van der Waals surface area contributed by atoms with Crippen LogP contribution in [-0.4, -0.2) is 41.8 Å². The minimum absolute atomic E-state index is 0.0105. The lowest BCUT2D eigenvalue weighted by Gasteiger charge is -2.39. The maximum absolute atomic E-state index is 11.5. The van der Waals surface area contributed by atoms with Crippen LogP contribution < -0.4 is 0 Å². The largest absolute Gasteiger partial charge is 0.481 e. The predicted octanol–water partition coefficient (Wildman–Crippen LogP) is 2.49. The number of fused-ring (bicyclic) bond motifs is 1. The molecule has 4 heteroatoms. The molecule has 0 amide bonds. The van der Waals surface area contributed by atoms with Crippen molar-refractivity contribution in [1.82, 2.24) is 4.90 Å². The van der Waals surface area contributed by atoms with Crippen molar-refractivity contribution in [3.8, 4) is 0 Å². The summed E-state index contributed by atoms with van der Waals surface area (Å²) in [5.41, 5.74) is 2.79. The predicted molar refractivity (Wildman–Crippen MR) is 80.2 cm³/mol. The molecule has 3 rings (SSSR count). The number of aliphatic carboxylic acids is 1. The van der Waals surface area contributed by atoms with E-state index in [4.69, 9.17) is 4.74 Å². The van der Waals surface area contributed by atoms with Gasteiger partial charge >= 0.3 is 5.97 Å². The fourth-order valence-electron chi connectivity index (χ4n) is 3.86. The SMILES string of the molecule is CCN(C1CCCc2ccccc21)C1COCC1C(=O)O. The zero-order valence-corrected chi connectivity index (χ0v) is 12.5. The molecule has 1 aliphatic heterocycles. The molecule has 4 nitrogen and oxygen atoms in total. The zero-order chi connectivity index (χ0) is 14.8. The average Bonchev–Trinajstić information content (AvgIpc) is 2.98. The van der Waals surface area contributed by atoms with Crippen LogP contribution in [0.15, 0.2) is 24.3 Å². The molecule has 0 radical (unpaired) electrons. The Bertz CT molecular complexity index is 517. The van der Waals surface area contributed by atoms with E-state index < -0.39 is 11.9 Å². The summed E-state index contributed by atoms with van der Waals surface area (Å²) in [6.07, 6.45) is 3.41. The van der Waals surface area contributed by atoms with E-state index in [0.29, 0.717) is 19.3 Å². The molecule has 1 aliphatic carbocycles. The van der Waals surface area contributed by atoms with E-state index in [9.17, 15) is 9.90 Å². The second-order valence-electron chi connectivity index (χ2n) is 5.99. The number of hydrogen-bond donors (Lipinski definition) is 1. The molecule has 3 atom stereocenters. The van der Waals surface area contributed by atoms with Gasteiger partial charge in [-0.2, -0.15) is 0 Å². The second-order valence-corrected chi connectivity index (χ2v) is 5.99. The third kappa shape index (κ3) is 2.70. The van der Waals surface area contributed by atoms with E-state index in [1.807, 2.05) is 0 Å². The molecule has 3 unspecified atom stereocenters. The molecule has 1 fully saturated rings. The van der Waals surface area contributed by atoms with Gasteiger partial charge in [-0.15, -0.1) is 0 Å². The Hall–Kier alpha value is -1.39. The molecule has 1 N–H and O–H groups in total. The van der Waals surface area contributed by atoms with Gasteiger partial charge in [0.25, 0.3) is 0 Å². The van der Waals surface area contributed by atoms with Crippen LogP contribution in [0, 0.1) is 5.92 Å². The molecule has 0 spiro atoms. The van der Waals surface area contributed by atoms with Crippen LogP contribution in [-0.2, 0) is 16.0 Å². The summed E-state index contributed by atoms with van der Waals surface area (Å²) in [4.78, 5) is 13.8. The smallest absolute Gasteiger partial charge is 0.310 e. The van der Waals surface area contributed by atoms with Crippen LogP contribution in [0.25, 0.3) is 0 Å². The Labute approximate surface area is 125 Å². The van der Waals surface area contributed by atoms with Crippen molar-refractivity contribution in [3.05, 3.63) is 35.4 Å². The molecule has 1 heterocycles. The molecule has 0 saturated carbocycles. The highest BCUT2D eigenvalue weighted by atomic mass is 16.5. The molecule has 1 aromatic carbocycles. The normalized spacial score (nSPS) is 28.6. The summed E-state index contributed by atoms with van der Waals surface area (Å²) in [5.74, 6) is -1.14. The summed E-state index contributed by atoms with van der Waals surface area (Å²) in [6.45, 7) is 3.85. The van der Waals surface area contributed by atoms with Crippen LogP contribution in [0.5, 0.6) is 0 Å². The van der Waals surface area contributed by atoms with Gasteiger partial charge in [-0.25, -0.2) is 0 Å². The highest BCUT2D eigenvalue weighted by molar-refractivity contribution is 5.71. The molecule has 21 heavy (non-hydrogen) atoms. The van der Waals surface area contributed by atoms with Gasteiger partial charge in [0.1, 0.15) is 0 Å².